The number of hydrogen-bond donors (Lipinski definition) is 3. The molecule has 0 fully saturated rings. The molecule has 3 N–H and O–H groups in total. The third-order valence-electron chi connectivity index (χ3n) is 1.76. The van der Waals surface area contributed by atoms with Gasteiger partial charge in [0, 0.05) is 26.7 Å². The molecule has 0 aliphatic carbocycles. The molecule has 7 nitrogen and oxygen atoms in total. The molecule has 144 valence electrons. The van der Waals surface area contributed by atoms with Crippen LogP contribution in [0.15, 0.2) is 0 Å². The minimum atomic E-state index is -3.75. The van der Waals surface area contributed by atoms with Crippen molar-refractivity contribution in [2.24, 2.45) is 0 Å². The van der Waals surface area contributed by atoms with Crippen LogP contribution in [0.5, 0.6) is 0 Å². The Balaban J connectivity index is -0.000000385. The van der Waals surface area contributed by atoms with Crippen LogP contribution in [0.3, 0.4) is 0 Å². The smallest absolute Gasteiger partial charge is 0.376 e. The van der Waals surface area contributed by atoms with Crippen molar-refractivity contribution in [1.82, 2.24) is 0 Å². The zero-order valence-corrected chi connectivity index (χ0v) is 19.8. The summed E-state index contributed by atoms with van der Waals surface area (Å²) in [5.41, 5.74) is 0. The largest absolute Gasteiger partial charge is 0.419 e. The fourth-order valence-electron chi connectivity index (χ4n) is 0.954. The Bertz CT molecular complexity index is 248. The van der Waals surface area contributed by atoms with Crippen LogP contribution in [0.2, 0.25) is 0 Å². The molecule has 0 aliphatic rings. The van der Waals surface area contributed by atoms with Crippen molar-refractivity contribution in [1.29, 1.82) is 0 Å². The van der Waals surface area contributed by atoms with Crippen molar-refractivity contribution < 1.29 is 51.8 Å². The van der Waals surface area contributed by atoms with Crippen molar-refractivity contribution in [3.05, 3.63) is 6.43 Å². The van der Waals surface area contributed by atoms with Crippen LogP contribution in [-0.2, 0) is 18.9 Å². The molecule has 0 aromatic rings. The van der Waals surface area contributed by atoms with E-state index in [1.165, 1.54) is 7.11 Å². The Kier molecular flexibility index (Phi) is 20.2. The summed E-state index contributed by atoms with van der Waals surface area (Å²) in [6.07, 6.45) is -6.00. The van der Waals surface area contributed by atoms with Crippen molar-refractivity contribution in [3.63, 3.8) is 0 Å². The molecule has 0 saturated heterocycles. The average Bonchev–Trinajstić information content (AvgIpc) is 2.43. The van der Waals surface area contributed by atoms with E-state index in [-0.39, 0.29) is 26.6 Å². The molecule has 0 rings (SSSR count). The van der Waals surface area contributed by atoms with Crippen LogP contribution in [-0.4, -0.2) is 81.1 Å². The summed E-state index contributed by atoms with van der Waals surface area (Å²) in [7, 11) is 1.30. The fourth-order valence-corrected chi connectivity index (χ4v) is 0.954. The monoisotopic (exact) mass is 622 g/mol. The first-order valence-corrected chi connectivity index (χ1v) is 6.51. The van der Waals surface area contributed by atoms with E-state index >= 15 is 0 Å². The summed E-state index contributed by atoms with van der Waals surface area (Å²) in [5.74, 6) is 0. The Morgan fingerprint density at radius 2 is 1.71 bits per heavy atom. The zero-order valence-electron chi connectivity index (χ0n) is 13.4. The second-order valence-corrected chi connectivity index (χ2v) is 4.08. The van der Waals surface area contributed by atoms with E-state index in [4.69, 9.17) is 20.1 Å². The Labute approximate surface area is 131 Å². The Morgan fingerprint density at radius 3 is 2.17 bits per heavy atom. The molecule has 24 heavy (non-hydrogen) atoms. The first kappa shape index (κ1) is 27.3. The summed E-state index contributed by atoms with van der Waals surface area (Å²) >= 11 is 0. The van der Waals surface area contributed by atoms with Gasteiger partial charge >= 0.3 is 6.11 Å². The molecule has 12 heteroatoms. The number of aliphatic hydroxyl groups excluding tert-OH is 2. The van der Waals surface area contributed by atoms with Crippen molar-refractivity contribution in [3.8, 4) is 0 Å². The van der Waals surface area contributed by atoms with Gasteiger partial charge in [-0.3, -0.25) is 0 Å². The molecule has 0 spiro atoms. The number of halogens is 4. The molecule has 0 radical (unpaired) electrons. The molecule has 0 saturated carbocycles. The van der Waals surface area contributed by atoms with E-state index in [1.807, 2.05) is 0 Å². The Morgan fingerprint density at radius 1 is 1.12 bits per heavy atom. The third-order valence-corrected chi connectivity index (χ3v) is 1.76. The van der Waals surface area contributed by atoms with Gasteiger partial charge in [0.2, 0.25) is 0 Å². The first-order chi connectivity index (χ1) is 10.7. The minimum absolute atomic E-state index is 0. The summed E-state index contributed by atoms with van der Waals surface area (Å²) in [5, 5.41) is 25.2. The van der Waals surface area contributed by atoms with Crippen LogP contribution < -0.4 is 0 Å². The Hall–Kier alpha value is -1.56. The SMILES string of the molecule is COCOCC(O)(F)F.OCCCOCC(O)COC[C-](F)F.[Rf]. The van der Waals surface area contributed by atoms with Gasteiger partial charge in [0.05, 0.1) is 13.2 Å². The van der Waals surface area contributed by atoms with E-state index in [1.54, 1.807) is 0 Å². The molecule has 0 heterocycles. The number of methoxy groups -OCH3 is 1. The second-order valence-electron chi connectivity index (χ2n) is 4.08. The number of hydrogen-bond acceptors (Lipinski definition) is 7. The number of ether oxygens (including phenoxy) is 4. The molecular formula is C12H23F4O7Rf-. The zero-order chi connectivity index (χ0) is 18.1. The first-order valence-electron chi connectivity index (χ1n) is 6.51. The number of rotatable bonds is 13. The van der Waals surface area contributed by atoms with E-state index < -0.39 is 31.9 Å². The number of alkyl halides is 2. The van der Waals surface area contributed by atoms with Crippen LogP contribution in [0, 0.1) is 6.43 Å². The third kappa shape index (κ3) is 28.6. The van der Waals surface area contributed by atoms with Crippen molar-refractivity contribution >= 4 is 0 Å². The molecular weight excluding hydrogens is 599 g/mol. The maximum Gasteiger partial charge on any atom is 0.376 e. The van der Waals surface area contributed by atoms with Crippen LogP contribution >= 0.6 is 0 Å². The van der Waals surface area contributed by atoms with E-state index in [9.17, 15) is 17.6 Å². The average molecular weight is 622 g/mol. The van der Waals surface area contributed by atoms with Gasteiger partial charge in [-0.25, -0.2) is 0 Å². The normalized spacial score (nSPS) is 12.4. The molecule has 0 aromatic heterocycles. The molecule has 0 aliphatic heterocycles. The molecule has 1 atom stereocenters. The van der Waals surface area contributed by atoms with Crippen molar-refractivity contribution in [2.75, 3.05) is 53.5 Å². The fraction of sp³-hybridized carbons (Fsp3) is 0.917. The van der Waals surface area contributed by atoms with E-state index in [0.29, 0.717) is 13.0 Å². The molecule has 0 aromatic carbocycles. The van der Waals surface area contributed by atoms with Gasteiger partial charge < -0.3 is 43.0 Å². The van der Waals surface area contributed by atoms with Gasteiger partial charge in [-0.2, -0.15) is 8.78 Å². The predicted molar refractivity (Wildman–Crippen MR) is 69.8 cm³/mol. The van der Waals surface area contributed by atoms with Gasteiger partial charge in [0.25, 0.3) is 0 Å². The van der Waals surface area contributed by atoms with Gasteiger partial charge in [0.15, 0.2) is 0 Å². The summed E-state index contributed by atoms with van der Waals surface area (Å²) < 4.78 is 63.6. The standard InChI is InChI=1S/C8H15F2O4.C4H8F2O3.Rf/c9-8(10)6-14-5-7(12)4-13-3-1-2-11;1-8-3-9-2-4(5,6)7;/h7,11-12H,1-6H2;7H,2-3H2,1H3;/q-1;;. The van der Waals surface area contributed by atoms with Gasteiger partial charge in [-0.05, 0) is 13.0 Å². The molecule has 1 unspecified atom stereocenters. The van der Waals surface area contributed by atoms with Crippen LogP contribution in [0.25, 0.3) is 0 Å². The van der Waals surface area contributed by atoms with Crippen LogP contribution in [0.4, 0.5) is 17.6 Å². The minimum Gasteiger partial charge on any atom is -0.419 e. The summed E-state index contributed by atoms with van der Waals surface area (Å²) in [4.78, 5) is 0. The van der Waals surface area contributed by atoms with E-state index in [0.717, 1.165) is 0 Å². The maximum absolute atomic E-state index is 11.5. The molecule has 0 amide bonds. The van der Waals surface area contributed by atoms with Gasteiger partial charge in [-0.15, -0.1) is 0 Å². The maximum atomic E-state index is 11.5. The van der Waals surface area contributed by atoms with E-state index in [2.05, 4.69) is 14.2 Å². The topological polar surface area (TPSA) is 97.6 Å². The van der Waals surface area contributed by atoms with Gasteiger partial charge in [0.1, 0.15) is 19.5 Å². The molecule has 0 bridgehead atoms. The number of aliphatic hydroxyl groups is 3. The summed E-state index contributed by atoms with van der Waals surface area (Å²) in [6, 6.07) is 0. The van der Waals surface area contributed by atoms with Crippen molar-refractivity contribution in [2.45, 2.75) is 18.6 Å². The second kappa shape index (κ2) is 17.8. The quantitative estimate of drug-likeness (QED) is 0.118. The predicted octanol–water partition coefficient (Wildman–Crippen LogP) is 0.383. The van der Waals surface area contributed by atoms with Gasteiger partial charge in [-0.1, -0.05) is 0 Å². The summed E-state index contributed by atoms with van der Waals surface area (Å²) in [6.45, 7) is -1.83. The van der Waals surface area contributed by atoms with Crippen LogP contribution in [0.1, 0.15) is 6.42 Å².